The fourth-order valence-corrected chi connectivity index (χ4v) is 4.15. The van der Waals surface area contributed by atoms with E-state index in [0.717, 1.165) is 5.56 Å². The van der Waals surface area contributed by atoms with E-state index in [-0.39, 0.29) is 30.2 Å². The topological polar surface area (TPSA) is 97.0 Å². The number of rotatable bonds is 8. The summed E-state index contributed by atoms with van der Waals surface area (Å²) in [5.74, 6) is 0.615. The largest absolute Gasteiger partial charge is 0.497 e. The summed E-state index contributed by atoms with van der Waals surface area (Å²) >= 11 is 5.91. The molecule has 2 aromatic rings. The first-order valence-corrected chi connectivity index (χ1v) is 11.5. The average Bonchev–Trinajstić information content (AvgIpc) is 2.83. The van der Waals surface area contributed by atoms with Gasteiger partial charge in [0.05, 0.1) is 14.2 Å². The van der Waals surface area contributed by atoms with E-state index in [4.69, 9.17) is 21.1 Å². The molecule has 9 heteroatoms. The maximum atomic E-state index is 13.1. The van der Waals surface area contributed by atoms with Crippen molar-refractivity contribution in [3.8, 4) is 11.5 Å². The van der Waals surface area contributed by atoms with Crippen LogP contribution in [0.25, 0.3) is 0 Å². The van der Waals surface area contributed by atoms with E-state index in [2.05, 4.69) is 10.6 Å². The maximum absolute atomic E-state index is 13.1. The van der Waals surface area contributed by atoms with Crippen LogP contribution in [-0.2, 0) is 16.0 Å². The molecule has 1 aliphatic heterocycles. The first kappa shape index (κ1) is 25.4. The van der Waals surface area contributed by atoms with E-state index < -0.39 is 6.04 Å². The smallest absolute Gasteiger partial charge is 0.253 e. The molecule has 0 aliphatic carbocycles. The number of piperidine rings is 1. The molecule has 0 saturated carbocycles. The summed E-state index contributed by atoms with van der Waals surface area (Å²) in [7, 11) is 3.12. The summed E-state index contributed by atoms with van der Waals surface area (Å²) in [6.45, 7) is 2.44. The van der Waals surface area contributed by atoms with Gasteiger partial charge in [-0.15, -0.1) is 0 Å². The number of carbonyl (C=O) groups is 3. The van der Waals surface area contributed by atoms with Gasteiger partial charge in [0, 0.05) is 48.6 Å². The van der Waals surface area contributed by atoms with Crippen molar-refractivity contribution in [3.63, 3.8) is 0 Å². The second-order valence-electron chi connectivity index (χ2n) is 8.22. The molecular weight excluding hydrogens is 458 g/mol. The second-order valence-corrected chi connectivity index (χ2v) is 8.65. The van der Waals surface area contributed by atoms with Crippen molar-refractivity contribution in [1.29, 1.82) is 0 Å². The zero-order valence-corrected chi connectivity index (χ0v) is 20.4. The van der Waals surface area contributed by atoms with Crippen LogP contribution in [0.3, 0.4) is 0 Å². The van der Waals surface area contributed by atoms with Crippen LogP contribution in [-0.4, -0.2) is 62.0 Å². The molecule has 1 fully saturated rings. The molecule has 1 unspecified atom stereocenters. The number of likely N-dealkylation sites (tertiary alicyclic amines) is 1. The van der Waals surface area contributed by atoms with E-state index in [1.807, 2.05) is 0 Å². The maximum Gasteiger partial charge on any atom is 0.253 e. The molecule has 34 heavy (non-hydrogen) atoms. The van der Waals surface area contributed by atoms with Gasteiger partial charge in [-0.05, 0) is 55.3 Å². The molecule has 1 saturated heterocycles. The molecule has 1 aliphatic rings. The van der Waals surface area contributed by atoms with Crippen molar-refractivity contribution in [2.75, 3.05) is 27.3 Å². The predicted molar refractivity (Wildman–Crippen MR) is 129 cm³/mol. The Morgan fingerprint density at radius 1 is 1.06 bits per heavy atom. The minimum absolute atomic E-state index is 0.0531. The first-order chi connectivity index (χ1) is 16.3. The van der Waals surface area contributed by atoms with Gasteiger partial charge in [0.15, 0.2) is 0 Å². The van der Waals surface area contributed by atoms with Gasteiger partial charge in [-0.1, -0.05) is 11.6 Å². The lowest BCUT2D eigenvalue weighted by atomic mass is 10.0. The van der Waals surface area contributed by atoms with Gasteiger partial charge in [-0.3, -0.25) is 14.4 Å². The van der Waals surface area contributed by atoms with Crippen molar-refractivity contribution in [2.24, 2.45) is 0 Å². The van der Waals surface area contributed by atoms with E-state index in [0.29, 0.717) is 48.0 Å². The number of ether oxygens (including phenoxy) is 2. The third-order valence-electron chi connectivity index (χ3n) is 5.83. The minimum Gasteiger partial charge on any atom is -0.497 e. The number of hydrogen-bond acceptors (Lipinski definition) is 5. The van der Waals surface area contributed by atoms with Crippen LogP contribution in [0, 0.1) is 0 Å². The van der Waals surface area contributed by atoms with E-state index in [9.17, 15) is 14.4 Å². The molecule has 3 rings (SSSR count). The quantitative estimate of drug-likeness (QED) is 0.596. The number of nitrogens with zero attached hydrogens (tertiary/aromatic N) is 1. The molecule has 1 heterocycles. The second kappa shape index (κ2) is 11.7. The molecule has 0 bridgehead atoms. The molecular formula is C25H30ClN3O5. The monoisotopic (exact) mass is 487 g/mol. The van der Waals surface area contributed by atoms with Crippen molar-refractivity contribution >= 4 is 29.3 Å². The minimum atomic E-state index is -0.771. The predicted octanol–water partition coefficient (Wildman–Crippen LogP) is 2.83. The van der Waals surface area contributed by atoms with Crippen LogP contribution < -0.4 is 20.1 Å². The Bertz CT molecular complexity index is 1020. The van der Waals surface area contributed by atoms with Crippen molar-refractivity contribution in [3.05, 3.63) is 58.6 Å². The molecule has 0 spiro atoms. The number of hydrogen-bond donors (Lipinski definition) is 2. The highest BCUT2D eigenvalue weighted by atomic mass is 35.5. The number of nitrogens with one attached hydrogen (secondary N) is 2. The van der Waals surface area contributed by atoms with Gasteiger partial charge in [0.1, 0.15) is 17.5 Å². The summed E-state index contributed by atoms with van der Waals surface area (Å²) in [5, 5.41) is 6.35. The Kier molecular flexibility index (Phi) is 8.76. The Hall–Kier alpha value is -3.26. The van der Waals surface area contributed by atoms with E-state index >= 15 is 0 Å². The highest BCUT2D eigenvalue weighted by molar-refractivity contribution is 6.30. The third-order valence-corrected chi connectivity index (χ3v) is 6.08. The van der Waals surface area contributed by atoms with Gasteiger partial charge in [-0.2, -0.15) is 0 Å². The summed E-state index contributed by atoms with van der Waals surface area (Å²) in [6.07, 6.45) is 1.50. The van der Waals surface area contributed by atoms with E-state index in [1.165, 1.54) is 6.92 Å². The Balaban J connectivity index is 1.61. The number of halogens is 1. The van der Waals surface area contributed by atoms with Crippen LogP contribution >= 0.6 is 11.6 Å². The molecule has 0 aromatic heterocycles. The van der Waals surface area contributed by atoms with Crippen molar-refractivity contribution in [2.45, 2.75) is 38.3 Å². The molecule has 182 valence electrons. The zero-order chi connectivity index (χ0) is 24.7. The van der Waals surface area contributed by atoms with Crippen LogP contribution in [0.5, 0.6) is 11.5 Å². The fraction of sp³-hybridized carbons (Fsp3) is 0.400. The van der Waals surface area contributed by atoms with Crippen molar-refractivity contribution in [1.82, 2.24) is 15.5 Å². The van der Waals surface area contributed by atoms with Crippen LogP contribution in [0.1, 0.15) is 35.7 Å². The summed E-state index contributed by atoms with van der Waals surface area (Å²) < 4.78 is 10.7. The van der Waals surface area contributed by atoms with Crippen LogP contribution in [0.2, 0.25) is 5.02 Å². The third kappa shape index (κ3) is 6.63. The highest BCUT2D eigenvalue weighted by Crippen LogP contribution is 2.25. The number of carbonyl (C=O) groups excluding carboxylic acids is 3. The lowest BCUT2D eigenvalue weighted by molar-refractivity contribution is -0.128. The normalized spacial score (nSPS) is 14.8. The Morgan fingerprint density at radius 3 is 2.32 bits per heavy atom. The lowest BCUT2D eigenvalue weighted by Crippen LogP contribution is -2.53. The molecule has 8 nitrogen and oxygen atoms in total. The van der Waals surface area contributed by atoms with Crippen LogP contribution in [0.4, 0.5) is 0 Å². The Morgan fingerprint density at radius 2 is 1.74 bits per heavy atom. The summed E-state index contributed by atoms with van der Waals surface area (Å²) in [4.78, 5) is 39.4. The van der Waals surface area contributed by atoms with Gasteiger partial charge >= 0.3 is 0 Å². The summed E-state index contributed by atoms with van der Waals surface area (Å²) in [5.41, 5.74) is 1.34. The zero-order valence-electron chi connectivity index (χ0n) is 19.6. The average molecular weight is 488 g/mol. The standard InChI is InChI=1S/C25H30ClN3O5/c1-16(30)27-22(15-18-14-21(33-2)8-9-23(18)34-3)24(31)28-20-10-12-29(13-11-20)25(32)17-4-6-19(26)7-5-17/h4-9,14,20,22H,10-13,15H2,1-3H3,(H,27,30)(H,28,31). The highest BCUT2D eigenvalue weighted by Gasteiger charge is 2.28. The molecule has 1 atom stereocenters. The number of methoxy groups -OCH3 is 2. The molecule has 2 N–H and O–H groups in total. The van der Waals surface area contributed by atoms with Crippen molar-refractivity contribution < 1.29 is 23.9 Å². The molecule has 0 radical (unpaired) electrons. The number of amides is 3. The first-order valence-electron chi connectivity index (χ1n) is 11.1. The van der Waals surface area contributed by atoms with Crippen LogP contribution in [0.15, 0.2) is 42.5 Å². The van der Waals surface area contributed by atoms with Gasteiger partial charge < -0.3 is 25.0 Å². The Labute approximate surface area is 204 Å². The van der Waals surface area contributed by atoms with E-state index in [1.54, 1.807) is 61.6 Å². The van der Waals surface area contributed by atoms with Gasteiger partial charge in [-0.25, -0.2) is 0 Å². The van der Waals surface area contributed by atoms with Gasteiger partial charge in [0.25, 0.3) is 5.91 Å². The van der Waals surface area contributed by atoms with Gasteiger partial charge in [0.2, 0.25) is 11.8 Å². The molecule has 2 aromatic carbocycles. The SMILES string of the molecule is COc1ccc(OC)c(CC(NC(C)=O)C(=O)NC2CCN(C(=O)c3ccc(Cl)cc3)CC2)c1. The molecule has 3 amide bonds. The lowest BCUT2D eigenvalue weighted by Gasteiger charge is -2.33. The fourth-order valence-electron chi connectivity index (χ4n) is 4.02. The summed E-state index contributed by atoms with van der Waals surface area (Å²) in [6, 6.07) is 11.3. The number of benzene rings is 2.